The summed E-state index contributed by atoms with van der Waals surface area (Å²) in [6.45, 7) is 4.30. The summed E-state index contributed by atoms with van der Waals surface area (Å²) in [7, 11) is -3.67. The second-order valence-electron chi connectivity index (χ2n) is 6.96. The fourth-order valence-electron chi connectivity index (χ4n) is 3.16. The maximum Gasteiger partial charge on any atom is 0.263 e. The van der Waals surface area contributed by atoms with Gasteiger partial charge in [0.05, 0.1) is 9.38 Å². The number of ketones is 1. The molecule has 6 heteroatoms. The molecular formula is C20H28BrNO3S. The number of allylic oxidation sites excluding steroid dienone is 1. The van der Waals surface area contributed by atoms with Crippen molar-refractivity contribution in [1.29, 1.82) is 0 Å². The lowest BCUT2D eigenvalue weighted by molar-refractivity contribution is -0.119. The van der Waals surface area contributed by atoms with Crippen LogP contribution in [-0.4, -0.2) is 25.1 Å². The number of aryl methyl sites for hydroxylation is 1. The zero-order valence-electron chi connectivity index (χ0n) is 15.6. The summed E-state index contributed by atoms with van der Waals surface area (Å²) < 4.78 is 27.7. The molecule has 0 radical (unpaired) electrons. The van der Waals surface area contributed by atoms with Crippen LogP contribution < -0.4 is 0 Å². The molecule has 4 nitrogen and oxygen atoms in total. The molecular weight excluding hydrogens is 414 g/mol. The number of hydrogen-bond donors (Lipinski definition) is 0. The lowest BCUT2D eigenvalue weighted by Gasteiger charge is -2.23. The minimum absolute atomic E-state index is 0.00415. The van der Waals surface area contributed by atoms with Gasteiger partial charge in [-0.1, -0.05) is 50.3 Å². The first-order chi connectivity index (χ1) is 12.4. The van der Waals surface area contributed by atoms with Crippen LogP contribution in [0.5, 0.6) is 0 Å². The highest BCUT2D eigenvalue weighted by molar-refractivity contribution is 9.12. The van der Waals surface area contributed by atoms with Crippen molar-refractivity contribution in [2.24, 2.45) is 5.92 Å². The molecule has 0 heterocycles. The van der Waals surface area contributed by atoms with Gasteiger partial charge in [0.2, 0.25) is 0 Å². The van der Waals surface area contributed by atoms with E-state index in [4.69, 9.17) is 0 Å². The molecule has 0 atom stereocenters. The smallest absolute Gasteiger partial charge is 0.263 e. The molecule has 0 bridgehead atoms. The van der Waals surface area contributed by atoms with Crippen LogP contribution in [0.4, 0.5) is 0 Å². The lowest BCUT2D eigenvalue weighted by atomic mass is 9.86. The van der Waals surface area contributed by atoms with Crippen molar-refractivity contribution >= 4 is 31.7 Å². The summed E-state index contributed by atoms with van der Waals surface area (Å²) in [5, 5.41) is 0. The molecule has 1 aliphatic rings. The molecule has 1 fully saturated rings. The SMILES string of the molecule is CCCCN(/C=C(\Br)C(=O)C1CCCCC1)S(=O)(=O)c1ccc(C)cc1. The van der Waals surface area contributed by atoms with Crippen LogP contribution in [0.25, 0.3) is 0 Å². The van der Waals surface area contributed by atoms with Crippen molar-refractivity contribution in [2.75, 3.05) is 6.54 Å². The van der Waals surface area contributed by atoms with Crippen LogP contribution >= 0.6 is 15.9 Å². The first-order valence-electron chi connectivity index (χ1n) is 9.36. The Labute approximate surface area is 165 Å². The highest BCUT2D eigenvalue weighted by atomic mass is 79.9. The van der Waals surface area contributed by atoms with Gasteiger partial charge in [-0.3, -0.25) is 9.10 Å². The molecule has 0 spiro atoms. The third-order valence-corrected chi connectivity index (χ3v) is 7.20. The number of hydrogen-bond acceptors (Lipinski definition) is 3. The predicted octanol–water partition coefficient (Wildman–Crippen LogP) is 5.17. The van der Waals surface area contributed by atoms with Crippen LogP contribution in [0.1, 0.15) is 57.4 Å². The molecule has 0 N–H and O–H groups in total. The second-order valence-corrected chi connectivity index (χ2v) is 9.70. The molecule has 0 amide bonds. The quantitative estimate of drug-likeness (QED) is 0.522. The number of halogens is 1. The summed E-state index contributed by atoms with van der Waals surface area (Å²) in [5.74, 6) is 0.0229. The van der Waals surface area contributed by atoms with E-state index in [-0.39, 0.29) is 16.6 Å². The zero-order chi connectivity index (χ0) is 19.2. The van der Waals surface area contributed by atoms with Gasteiger partial charge in [0, 0.05) is 18.7 Å². The first kappa shape index (κ1) is 21.2. The van der Waals surface area contributed by atoms with Crippen LogP contribution in [0, 0.1) is 12.8 Å². The number of benzene rings is 1. The van der Waals surface area contributed by atoms with Crippen molar-refractivity contribution in [2.45, 2.75) is 63.7 Å². The Bertz CT molecular complexity index is 735. The normalized spacial score (nSPS) is 16.5. The molecule has 0 unspecified atom stereocenters. The van der Waals surface area contributed by atoms with Crippen molar-refractivity contribution < 1.29 is 13.2 Å². The van der Waals surface area contributed by atoms with E-state index in [1.807, 2.05) is 13.8 Å². The van der Waals surface area contributed by atoms with E-state index in [2.05, 4.69) is 15.9 Å². The first-order valence-corrected chi connectivity index (χ1v) is 11.6. The number of carbonyl (C=O) groups is 1. The number of Topliss-reactive ketones (excluding diaryl/α,β-unsaturated/α-hetero) is 1. The van der Waals surface area contributed by atoms with Gasteiger partial charge in [-0.15, -0.1) is 0 Å². The Hall–Kier alpha value is -1.14. The summed E-state index contributed by atoms with van der Waals surface area (Å²) in [4.78, 5) is 12.9. The second kappa shape index (κ2) is 9.70. The van der Waals surface area contributed by atoms with Crippen molar-refractivity contribution in [3.8, 4) is 0 Å². The summed E-state index contributed by atoms with van der Waals surface area (Å²) in [6.07, 6.45) is 8.18. The van der Waals surface area contributed by atoms with Gasteiger partial charge in [0.1, 0.15) is 0 Å². The number of rotatable bonds is 8. The third-order valence-electron chi connectivity index (χ3n) is 4.83. The molecule has 1 saturated carbocycles. The number of unbranched alkanes of at least 4 members (excludes halogenated alkanes) is 1. The molecule has 1 aliphatic carbocycles. The van der Waals surface area contributed by atoms with E-state index in [0.717, 1.165) is 44.1 Å². The van der Waals surface area contributed by atoms with Crippen LogP contribution in [0.3, 0.4) is 0 Å². The Kier molecular flexibility index (Phi) is 7.89. The summed E-state index contributed by atoms with van der Waals surface area (Å²) in [6, 6.07) is 6.82. The predicted molar refractivity (Wildman–Crippen MR) is 109 cm³/mol. The van der Waals surface area contributed by atoms with Crippen LogP contribution in [0.15, 0.2) is 39.8 Å². The van der Waals surface area contributed by atoms with Gasteiger partial charge < -0.3 is 0 Å². The molecule has 144 valence electrons. The fourth-order valence-corrected chi connectivity index (χ4v) is 5.23. The van der Waals surface area contributed by atoms with E-state index >= 15 is 0 Å². The third kappa shape index (κ3) is 5.43. The Balaban J connectivity index is 2.27. The topological polar surface area (TPSA) is 54.5 Å². The molecule has 1 aromatic rings. The van der Waals surface area contributed by atoms with E-state index in [0.29, 0.717) is 11.0 Å². The molecule has 0 aromatic heterocycles. The van der Waals surface area contributed by atoms with E-state index in [1.54, 1.807) is 24.3 Å². The van der Waals surface area contributed by atoms with E-state index in [9.17, 15) is 13.2 Å². The minimum Gasteiger partial charge on any atom is -0.293 e. The average molecular weight is 442 g/mol. The summed E-state index contributed by atoms with van der Waals surface area (Å²) >= 11 is 3.35. The number of carbonyl (C=O) groups excluding carboxylic acids is 1. The van der Waals surface area contributed by atoms with Crippen molar-refractivity contribution in [1.82, 2.24) is 4.31 Å². The van der Waals surface area contributed by atoms with Crippen molar-refractivity contribution in [3.63, 3.8) is 0 Å². The van der Waals surface area contributed by atoms with Gasteiger partial charge in [-0.05, 0) is 54.2 Å². The van der Waals surface area contributed by atoms with Crippen LogP contribution in [-0.2, 0) is 14.8 Å². The molecule has 0 aliphatic heterocycles. The molecule has 1 aromatic carbocycles. The lowest BCUT2D eigenvalue weighted by Crippen LogP contribution is -2.28. The maximum atomic E-state index is 13.0. The molecule has 2 rings (SSSR count). The average Bonchev–Trinajstić information content (AvgIpc) is 2.65. The highest BCUT2D eigenvalue weighted by Crippen LogP contribution is 2.29. The Morgan fingerprint density at radius 2 is 1.81 bits per heavy atom. The van der Waals surface area contributed by atoms with E-state index < -0.39 is 10.0 Å². The van der Waals surface area contributed by atoms with Gasteiger partial charge in [-0.2, -0.15) is 0 Å². The number of sulfonamides is 1. The monoisotopic (exact) mass is 441 g/mol. The standard InChI is InChI=1S/C20H28BrNO3S/c1-3-4-14-22(26(24,25)18-12-10-16(2)11-13-18)15-19(21)20(23)17-8-6-5-7-9-17/h10-13,15,17H,3-9,14H2,1-2H3/b19-15-. The molecule has 0 saturated heterocycles. The van der Waals surface area contributed by atoms with Gasteiger partial charge in [-0.25, -0.2) is 8.42 Å². The van der Waals surface area contributed by atoms with E-state index in [1.165, 1.54) is 16.9 Å². The largest absolute Gasteiger partial charge is 0.293 e. The zero-order valence-corrected chi connectivity index (χ0v) is 18.0. The summed E-state index contributed by atoms with van der Waals surface area (Å²) in [5.41, 5.74) is 1.01. The number of nitrogens with zero attached hydrogens (tertiary/aromatic N) is 1. The van der Waals surface area contributed by atoms with Gasteiger partial charge >= 0.3 is 0 Å². The molecule has 26 heavy (non-hydrogen) atoms. The maximum absolute atomic E-state index is 13.0. The van der Waals surface area contributed by atoms with Crippen molar-refractivity contribution in [3.05, 3.63) is 40.5 Å². The Morgan fingerprint density at radius 3 is 2.38 bits per heavy atom. The highest BCUT2D eigenvalue weighted by Gasteiger charge is 2.26. The van der Waals surface area contributed by atoms with Gasteiger partial charge in [0.25, 0.3) is 10.0 Å². The minimum atomic E-state index is -3.67. The van der Waals surface area contributed by atoms with Crippen LogP contribution in [0.2, 0.25) is 0 Å². The fraction of sp³-hybridized carbons (Fsp3) is 0.550. The Morgan fingerprint density at radius 1 is 1.19 bits per heavy atom. The van der Waals surface area contributed by atoms with Gasteiger partial charge in [0.15, 0.2) is 5.78 Å².